The Balaban J connectivity index is 2.24. The van der Waals surface area contributed by atoms with Crippen molar-refractivity contribution in [1.82, 2.24) is 5.32 Å². The lowest BCUT2D eigenvalue weighted by Gasteiger charge is -2.18. The monoisotopic (exact) mass is 289 g/mol. The van der Waals surface area contributed by atoms with Gasteiger partial charge in [0.25, 0.3) is 5.91 Å². The average molecular weight is 289 g/mol. The molecule has 2 amide bonds. The Hall–Kier alpha value is -2.04. The Morgan fingerprint density at radius 2 is 1.90 bits per heavy atom. The van der Waals surface area contributed by atoms with Gasteiger partial charge in [0.15, 0.2) is 0 Å². The van der Waals surface area contributed by atoms with Gasteiger partial charge in [-0.05, 0) is 31.0 Å². The van der Waals surface area contributed by atoms with E-state index in [4.69, 9.17) is 0 Å². The summed E-state index contributed by atoms with van der Waals surface area (Å²) in [6.45, 7) is 3.68. The maximum atomic E-state index is 12.3. The fourth-order valence-electron chi connectivity index (χ4n) is 1.96. The van der Waals surface area contributed by atoms with Gasteiger partial charge in [-0.15, -0.1) is 0 Å². The number of benzene rings is 1. The smallest absolute Gasteiger partial charge is 0.253 e. The van der Waals surface area contributed by atoms with Gasteiger partial charge in [0, 0.05) is 37.4 Å². The molecule has 1 saturated carbocycles. The van der Waals surface area contributed by atoms with Crippen LogP contribution in [-0.2, 0) is 4.79 Å². The van der Waals surface area contributed by atoms with E-state index >= 15 is 0 Å². The molecule has 2 rings (SSSR count). The summed E-state index contributed by atoms with van der Waals surface area (Å²) in [5.41, 5.74) is 2.09. The van der Waals surface area contributed by atoms with E-state index in [1.165, 1.54) is 0 Å². The number of anilines is 2. The van der Waals surface area contributed by atoms with Crippen LogP contribution in [0, 0.1) is 5.92 Å². The maximum Gasteiger partial charge on any atom is 0.253 e. The standard InChI is InChI=1S/C16H23N3O2/c1-10(2)15(20)18-12-7-8-14(19(3)4)13(9-12)16(21)17-11-5-6-11/h7-11H,5-6H2,1-4H3,(H,17,21)(H,18,20). The van der Waals surface area contributed by atoms with Crippen LogP contribution < -0.4 is 15.5 Å². The number of nitrogens with one attached hydrogen (secondary N) is 2. The summed E-state index contributed by atoms with van der Waals surface area (Å²) in [6.07, 6.45) is 2.10. The molecule has 1 aromatic rings. The van der Waals surface area contributed by atoms with E-state index < -0.39 is 0 Å². The molecule has 2 N–H and O–H groups in total. The molecule has 0 radical (unpaired) electrons. The third-order valence-corrected chi connectivity index (χ3v) is 3.43. The van der Waals surface area contributed by atoms with Gasteiger partial charge in [-0.2, -0.15) is 0 Å². The molecule has 0 atom stereocenters. The highest BCUT2D eigenvalue weighted by atomic mass is 16.2. The van der Waals surface area contributed by atoms with E-state index in [2.05, 4.69) is 10.6 Å². The van der Waals surface area contributed by atoms with Crippen molar-refractivity contribution in [3.05, 3.63) is 23.8 Å². The molecule has 21 heavy (non-hydrogen) atoms. The molecule has 0 aliphatic heterocycles. The van der Waals surface area contributed by atoms with Crippen molar-refractivity contribution >= 4 is 23.2 Å². The first-order chi connectivity index (χ1) is 9.88. The van der Waals surface area contributed by atoms with Crippen molar-refractivity contribution in [3.63, 3.8) is 0 Å². The second-order valence-corrected chi connectivity index (χ2v) is 6.02. The summed E-state index contributed by atoms with van der Waals surface area (Å²) >= 11 is 0. The van der Waals surface area contributed by atoms with Crippen molar-refractivity contribution in [1.29, 1.82) is 0 Å². The molecule has 0 heterocycles. The summed E-state index contributed by atoms with van der Waals surface area (Å²) in [6, 6.07) is 5.73. The van der Waals surface area contributed by atoms with Crippen LogP contribution in [0.25, 0.3) is 0 Å². The average Bonchev–Trinajstić information content (AvgIpc) is 3.22. The van der Waals surface area contributed by atoms with E-state index in [0.717, 1.165) is 18.5 Å². The second-order valence-electron chi connectivity index (χ2n) is 6.02. The summed E-state index contributed by atoms with van der Waals surface area (Å²) in [5.74, 6) is -0.231. The lowest BCUT2D eigenvalue weighted by Crippen LogP contribution is -2.28. The molecular formula is C16H23N3O2. The van der Waals surface area contributed by atoms with Crippen LogP contribution in [0.3, 0.4) is 0 Å². The molecule has 1 aromatic carbocycles. The SMILES string of the molecule is CC(C)C(=O)Nc1ccc(N(C)C)c(C(=O)NC2CC2)c1. The minimum absolute atomic E-state index is 0.0545. The van der Waals surface area contributed by atoms with Gasteiger partial charge in [0.1, 0.15) is 0 Å². The lowest BCUT2D eigenvalue weighted by atomic mass is 10.1. The number of nitrogens with zero attached hydrogens (tertiary/aromatic N) is 1. The third-order valence-electron chi connectivity index (χ3n) is 3.43. The largest absolute Gasteiger partial charge is 0.377 e. The normalized spacial score (nSPS) is 14.0. The number of hydrogen-bond acceptors (Lipinski definition) is 3. The topological polar surface area (TPSA) is 61.4 Å². The van der Waals surface area contributed by atoms with Gasteiger partial charge >= 0.3 is 0 Å². The van der Waals surface area contributed by atoms with Crippen LogP contribution in [0.5, 0.6) is 0 Å². The number of carbonyl (C=O) groups excluding carboxylic acids is 2. The molecule has 0 spiro atoms. The molecule has 5 heteroatoms. The van der Waals surface area contributed by atoms with Crippen LogP contribution in [0.15, 0.2) is 18.2 Å². The zero-order valence-electron chi connectivity index (χ0n) is 13.1. The summed E-state index contributed by atoms with van der Waals surface area (Å²) in [7, 11) is 3.80. The predicted octanol–water partition coefficient (Wildman–Crippen LogP) is 2.24. The molecule has 0 bridgehead atoms. The quantitative estimate of drug-likeness (QED) is 0.874. The van der Waals surface area contributed by atoms with Gasteiger partial charge in [0.05, 0.1) is 5.56 Å². The Labute approximate surface area is 125 Å². The fourth-order valence-corrected chi connectivity index (χ4v) is 1.96. The Morgan fingerprint density at radius 1 is 1.24 bits per heavy atom. The van der Waals surface area contributed by atoms with Crippen molar-refractivity contribution in [2.75, 3.05) is 24.3 Å². The zero-order valence-corrected chi connectivity index (χ0v) is 13.1. The highest BCUT2D eigenvalue weighted by Crippen LogP contribution is 2.25. The van der Waals surface area contributed by atoms with E-state index in [-0.39, 0.29) is 17.7 Å². The van der Waals surface area contributed by atoms with E-state index in [0.29, 0.717) is 17.3 Å². The van der Waals surface area contributed by atoms with Crippen LogP contribution >= 0.6 is 0 Å². The maximum absolute atomic E-state index is 12.3. The summed E-state index contributed by atoms with van der Waals surface area (Å²) in [5, 5.41) is 5.82. The molecule has 114 valence electrons. The van der Waals surface area contributed by atoms with Gasteiger partial charge < -0.3 is 15.5 Å². The first-order valence-electron chi connectivity index (χ1n) is 7.31. The predicted molar refractivity (Wildman–Crippen MR) is 84.7 cm³/mol. The Bertz CT molecular complexity index is 548. The van der Waals surface area contributed by atoms with Crippen molar-refractivity contribution < 1.29 is 9.59 Å². The van der Waals surface area contributed by atoms with Crippen LogP contribution in [0.4, 0.5) is 11.4 Å². The molecule has 1 fully saturated rings. The number of carbonyl (C=O) groups is 2. The number of hydrogen-bond donors (Lipinski definition) is 2. The highest BCUT2D eigenvalue weighted by molar-refractivity contribution is 6.02. The zero-order chi connectivity index (χ0) is 15.6. The molecule has 5 nitrogen and oxygen atoms in total. The van der Waals surface area contributed by atoms with Gasteiger partial charge in [-0.25, -0.2) is 0 Å². The molecule has 1 aliphatic carbocycles. The van der Waals surface area contributed by atoms with Crippen molar-refractivity contribution in [2.24, 2.45) is 5.92 Å². The van der Waals surface area contributed by atoms with E-state index in [1.807, 2.05) is 45.0 Å². The van der Waals surface area contributed by atoms with Gasteiger partial charge in [-0.1, -0.05) is 13.8 Å². The van der Waals surface area contributed by atoms with Gasteiger partial charge in [-0.3, -0.25) is 9.59 Å². The number of amides is 2. The second kappa shape index (κ2) is 6.16. The molecule has 1 aliphatic rings. The third kappa shape index (κ3) is 3.97. The van der Waals surface area contributed by atoms with Crippen LogP contribution in [0.2, 0.25) is 0 Å². The van der Waals surface area contributed by atoms with E-state index in [9.17, 15) is 9.59 Å². The van der Waals surface area contributed by atoms with Crippen molar-refractivity contribution in [3.8, 4) is 0 Å². The number of rotatable bonds is 5. The minimum Gasteiger partial charge on any atom is -0.377 e. The summed E-state index contributed by atoms with van der Waals surface area (Å²) < 4.78 is 0. The van der Waals surface area contributed by atoms with Crippen LogP contribution in [0.1, 0.15) is 37.0 Å². The lowest BCUT2D eigenvalue weighted by molar-refractivity contribution is -0.118. The molecule has 0 saturated heterocycles. The highest BCUT2D eigenvalue weighted by Gasteiger charge is 2.25. The van der Waals surface area contributed by atoms with Crippen molar-refractivity contribution in [2.45, 2.75) is 32.7 Å². The summed E-state index contributed by atoms with van der Waals surface area (Å²) in [4.78, 5) is 26.0. The van der Waals surface area contributed by atoms with Crippen LogP contribution in [-0.4, -0.2) is 32.0 Å². The Morgan fingerprint density at radius 3 is 2.43 bits per heavy atom. The van der Waals surface area contributed by atoms with Gasteiger partial charge in [0.2, 0.25) is 5.91 Å². The first kappa shape index (κ1) is 15.4. The minimum atomic E-state index is -0.0951. The first-order valence-corrected chi connectivity index (χ1v) is 7.31. The van der Waals surface area contributed by atoms with E-state index in [1.54, 1.807) is 6.07 Å². The molecular weight excluding hydrogens is 266 g/mol. The molecule has 0 aromatic heterocycles. The Kier molecular flexibility index (Phi) is 4.50. The fraction of sp³-hybridized carbons (Fsp3) is 0.500. The molecule has 0 unspecified atom stereocenters.